The minimum absolute atomic E-state index is 0.213. The van der Waals surface area contributed by atoms with Gasteiger partial charge in [-0.1, -0.05) is 30.3 Å². The highest BCUT2D eigenvalue weighted by Crippen LogP contribution is 2.17. The number of carbonyl (C=O) groups excluding carboxylic acids is 1. The molecule has 1 aromatic heterocycles. The molecule has 5 heteroatoms. The summed E-state index contributed by atoms with van der Waals surface area (Å²) >= 11 is 0. The quantitative estimate of drug-likeness (QED) is 0.746. The maximum absolute atomic E-state index is 12.0. The van der Waals surface area contributed by atoms with Gasteiger partial charge in [-0.15, -0.1) is 0 Å². The van der Waals surface area contributed by atoms with Gasteiger partial charge in [0.15, 0.2) is 5.82 Å². The zero-order valence-electron chi connectivity index (χ0n) is 14.1. The zero-order chi connectivity index (χ0) is 17.5. The lowest BCUT2D eigenvalue weighted by Gasteiger charge is -2.08. The van der Waals surface area contributed by atoms with Crippen molar-refractivity contribution in [1.29, 1.82) is 0 Å². The minimum atomic E-state index is -0.213. The number of hydrogen-bond donors (Lipinski definition) is 2. The van der Waals surface area contributed by atoms with E-state index in [1.807, 2.05) is 67.6 Å². The van der Waals surface area contributed by atoms with Gasteiger partial charge in [-0.25, -0.2) is 14.8 Å². The molecule has 2 N–H and O–H groups in total. The van der Waals surface area contributed by atoms with Crippen molar-refractivity contribution in [1.82, 2.24) is 15.3 Å². The highest BCUT2D eigenvalue weighted by atomic mass is 16.2. The fraction of sp³-hybridized carbons (Fsp3) is 0.150. The largest absolute Gasteiger partial charge is 0.338 e. The van der Waals surface area contributed by atoms with E-state index in [1.165, 1.54) is 5.56 Å². The van der Waals surface area contributed by atoms with Crippen LogP contribution in [-0.2, 0) is 6.42 Å². The number of aryl methyl sites for hydroxylation is 1. The monoisotopic (exact) mass is 332 g/mol. The fourth-order valence-electron chi connectivity index (χ4n) is 2.43. The first kappa shape index (κ1) is 16.6. The van der Waals surface area contributed by atoms with Crippen molar-refractivity contribution in [3.63, 3.8) is 0 Å². The third-order valence-corrected chi connectivity index (χ3v) is 3.74. The van der Waals surface area contributed by atoms with Crippen molar-refractivity contribution in [3.05, 3.63) is 78.1 Å². The van der Waals surface area contributed by atoms with Gasteiger partial charge in [0.25, 0.3) is 0 Å². The van der Waals surface area contributed by atoms with Crippen molar-refractivity contribution in [2.24, 2.45) is 0 Å². The summed E-state index contributed by atoms with van der Waals surface area (Å²) in [7, 11) is 0. The molecule has 0 saturated carbocycles. The van der Waals surface area contributed by atoms with Crippen molar-refractivity contribution >= 4 is 11.7 Å². The van der Waals surface area contributed by atoms with E-state index in [0.29, 0.717) is 12.4 Å². The Hall–Kier alpha value is -3.21. The number of amides is 2. The van der Waals surface area contributed by atoms with Crippen LogP contribution in [0.1, 0.15) is 11.3 Å². The van der Waals surface area contributed by atoms with Crippen LogP contribution in [0.15, 0.2) is 66.9 Å². The molecule has 126 valence electrons. The summed E-state index contributed by atoms with van der Waals surface area (Å²) < 4.78 is 0. The van der Waals surface area contributed by atoms with Gasteiger partial charge >= 0.3 is 6.03 Å². The lowest BCUT2D eigenvalue weighted by atomic mass is 10.1. The predicted molar refractivity (Wildman–Crippen MR) is 99.4 cm³/mol. The molecule has 5 nitrogen and oxygen atoms in total. The maximum Gasteiger partial charge on any atom is 0.319 e. The molecule has 0 atom stereocenters. The van der Waals surface area contributed by atoms with Crippen LogP contribution >= 0.6 is 0 Å². The summed E-state index contributed by atoms with van der Waals surface area (Å²) in [4.78, 5) is 20.6. The highest BCUT2D eigenvalue weighted by molar-refractivity contribution is 5.89. The van der Waals surface area contributed by atoms with E-state index in [2.05, 4.69) is 20.6 Å². The molecule has 0 aliphatic heterocycles. The Kier molecular flexibility index (Phi) is 5.36. The molecule has 0 spiro atoms. The molecule has 2 aromatic carbocycles. The molecule has 3 rings (SSSR count). The molecule has 25 heavy (non-hydrogen) atoms. The smallest absolute Gasteiger partial charge is 0.319 e. The summed E-state index contributed by atoms with van der Waals surface area (Å²) in [5.41, 5.74) is 3.77. The van der Waals surface area contributed by atoms with Crippen LogP contribution in [0.3, 0.4) is 0 Å². The third kappa shape index (κ3) is 4.88. The van der Waals surface area contributed by atoms with E-state index in [1.54, 1.807) is 6.20 Å². The van der Waals surface area contributed by atoms with E-state index >= 15 is 0 Å². The van der Waals surface area contributed by atoms with Crippen LogP contribution < -0.4 is 10.6 Å². The molecule has 3 aromatic rings. The molecule has 0 radical (unpaired) electrons. The Bertz CT molecular complexity index is 832. The molecule has 0 unspecified atom stereocenters. The summed E-state index contributed by atoms with van der Waals surface area (Å²) in [5.74, 6) is 0.680. The summed E-state index contributed by atoms with van der Waals surface area (Å²) in [5, 5.41) is 5.69. The Morgan fingerprint density at radius 2 is 1.76 bits per heavy atom. The molecule has 0 aliphatic rings. The molecular weight excluding hydrogens is 312 g/mol. The van der Waals surface area contributed by atoms with Gasteiger partial charge in [0.2, 0.25) is 0 Å². The third-order valence-electron chi connectivity index (χ3n) is 3.74. The fourth-order valence-corrected chi connectivity index (χ4v) is 2.43. The van der Waals surface area contributed by atoms with Gasteiger partial charge in [0.05, 0.1) is 0 Å². The van der Waals surface area contributed by atoms with Crippen LogP contribution in [0.2, 0.25) is 0 Å². The van der Waals surface area contributed by atoms with Crippen LogP contribution in [0, 0.1) is 6.92 Å². The molecule has 1 heterocycles. The van der Waals surface area contributed by atoms with Gasteiger partial charge in [-0.2, -0.15) is 0 Å². The number of aromatic nitrogens is 2. The number of rotatable bonds is 5. The Balaban J connectivity index is 1.51. The van der Waals surface area contributed by atoms with Gasteiger partial charge in [-0.05, 0) is 49.2 Å². The second-order valence-corrected chi connectivity index (χ2v) is 5.72. The first-order valence-corrected chi connectivity index (χ1v) is 8.19. The van der Waals surface area contributed by atoms with Gasteiger partial charge in [-0.3, -0.25) is 0 Å². The van der Waals surface area contributed by atoms with E-state index < -0.39 is 0 Å². The summed E-state index contributed by atoms with van der Waals surface area (Å²) in [6.07, 6.45) is 2.54. The average Bonchev–Trinajstić information content (AvgIpc) is 2.63. The number of carbonyl (C=O) groups is 1. The number of anilines is 1. The van der Waals surface area contributed by atoms with Crippen LogP contribution in [0.25, 0.3) is 11.4 Å². The normalized spacial score (nSPS) is 10.3. The zero-order valence-corrected chi connectivity index (χ0v) is 14.1. The lowest BCUT2D eigenvalue weighted by molar-refractivity contribution is 0.252. The number of nitrogens with zero attached hydrogens (tertiary/aromatic N) is 2. The van der Waals surface area contributed by atoms with Gasteiger partial charge < -0.3 is 10.6 Å². The summed E-state index contributed by atoms with van der Waals surface area (Å²) in [6.45, 7) is 2.52. The first-order chi connectivity index (χ1) is 12.2. The molecule has 0 bridgehead atoms. The average molecular weight is 332 g/mol. The Morgan fingerprint density at radius 1 is 1.00 bits per heavy atom. The van der Waals surface area contributed by atoms with E-state index in [9.17, 15) is 4.79 Å². The Morgan fingerprint density at radius 3 is 2.48 bits per heavy atom. The van der Waals surface area contributed by atoms with Crippen molar-refractivity contribution < 1.29 is 4.79 Å². The van der Waals surface area contributed by atoms with Crippen molar-refractivity contribution in [3.8, 4) is 11.4 Å². The van der Waals surface area contributed by atoms with E-state index in [-0.39, 0.29) is 6.03 Å². The predicted octanol–water partition coefficient (Wildman–Crippen LogP) is 3.82. The van der Waals surface area contributed by atoms with Crippen molar-refractivity contribution in [2.45, 2.75) is 13.3 Å². The number of hydrogen-bond acceptors (Lipinski definition) is 3. The van der Waals surface area contributed by atoms with Gasteiger partial charge in [0.1, 0.15) is 0 Å². The second kappa shape index (κ2) is 8.06. The molecule has 0 saturated heterocycles. The molecule has 2 amide bonds. The van der Waals surface area contributed by atoms with E-state index in [0.717, 1.165) is 23.4 Å². The SMILES string of the molecule is Cc1ccnc(-c2ccc(NC(=O)NCCc3ccccc3)cc2)n1. The number of benzene rings is 2. The standard InChI is InChI=1S/C20H20N4O/c1-15-11-13-21-19(23-15)17-7-9-18(10-8-17)24-20(25)22-14-12-16-5-3-2-4-6-16/h2-11,13H,12,14H2,1H3,(H2,22,24,25). The highest BCUT2D eigenvalue weighted by Gasteiger charge is 2.04. The minimum Gasteiger partial charge on any atom is -0.338 e. The summed E-state index contributed by atoms with van der Waals surface area (Å²) in [6, 6.07) is 19.2. The van der Waals surface area contributed by atoms with Crippen LogP contribution in [0.5, 0.6) is 0 Å². The van der Waals surface area contributed by atoms with Crippen LogP contribution in [-0.4, -0.2) is 22.5 Å². The maximum atomic E-state index is 12.0. The molecule has 0 fully saturated rings. The van der Waals surface area contributed by atoms with Gasteiger partial charge in [0, 0.05) is 29.7 Å². The Labute approximate surface area is 147 Å². The topological polar surface area (TPSA) is 66.9 Å². The van der Waals surface area contributed by atoms with Crippen LogP contribution in [0.4, 0.5) is 10.5 Å². The molecule has 0 aliphatic carbocycles. The molecular formula is C20H20N4O. The first-order valence-electron chi connectivity index (χ1n) is 8.19. The number of nitrogens with one attached hydrogen (secondary N) is 2. The second-order valence-electron chi connectivity index (χ2n) is 5.72. The van der Waals surface area contributed by atoms with E-state index in [4.69, 9.17) is 0 Å². The van der Waals surface area contributed by atoms with Crippen molar-refractivity contribution in [2.75, 3.05) is 11.9 Å². The lowest BCUT2D eigenvalue weighted by Crippen LogP contribution is -2.30. The number of urea groups is 1.